The van der Waals surface area contributed by atoms with Crippen molar-refractivity contribution in [3.05, 3.63) is 57.6 Å². The van der Waals surface area contributed by atoms with Crippen molar-refractivity contribution in [3.8, 4) is 5.75 Å². The van der Waals surface area contributed by atoms with Gasteiger partial charge in [0.15, 0.2) is 0 Å². The van der Waals surface area contributed by atoms with E-state index in [2.05, 4.69) is 19.2 Å². The molecule has 0 aliphatic heterocycles. The van der Waals surface area contributed by atoms with Crippen LogP contribution in [0.2, 0.25) is 5.02 Å². The molecule has 2 aromatic rings. The Hall–Kier alpha value is -2.25. The van der Waals surface area contributed by atoms with Crippen molar-refractivity contribution < 1.29 is 17.9 Å². The van der Waals surface area contributed by atoms with Crippen molar-refractivity contribution in [2.45, 2.75) is 46.6 Å². The van der Waals surface area contributed by atoms with Gasteiger partial charge in [0.2, 0.25) is 15.9 Å². The lowest BCUT2D eigenvalue weighted by Gasteiger charge is -2.26. The van der Waals surface area contributed by atoms with Crippen molar-refractivity contribution in [2.75, 3.05) is 24.2 Å². The Kier molecular flexibility index (Phi) is 8.00. The fourth-order valence-electron chi connectivity index (χ4n) is 3.55. The second-order valence-electron chi connectivity index (χ2n) is 8.05. The lowest BCUT2D eigenvalue weighted by molar-refractivity contribution is -0.120. The Labute approximate surface area is 190 Å². The van der Waals surface area contributed by atoms with E-state index in [1.54, 1.807) is 32.2 Å². The van der Waals surface area contributed by atoms with Crippen LogP contribution in [0.4, 0.5) is 5.69 Å². The zero-order valence-corrected chi connectivity index (χ0v) is 20.7. The highest BCUT2D eigenvalue weighted by Gasteiger charge is 2.24. The Morgan fingerprint density at radius 3 is 2.35 bits per heavy atom. The minimum Gasteiger partial charge on any atom is -0.496 e. The van der Waals surface area contributed by atoms with E-state index in [-0.39, 0.29) is 18.5 Å². The summed E-state index contributed by atoms with van der Waals surface area (Å²) in [4.78, 5) is 12.8. The van der Waals surface area contributed by atoms with Gasteiger partial charge in [0.05, 0.1) is 25.1 Å². The third kappa shape index (κ3) is 5.92. The number of benzene rings is 2. The van der Waals surface area contributed by atoms with E-state index in [1.807, 2.05) is 26.0 Å². The molecule has 8 heteroatoms. The number of amides is 1. The molecule has 0 fully saturated rings. The van der Waals surface area contributed by atoms with E-state index in [0.29, 0.717) is 16.3 Å². The second-order valence-corrected chi connectivity index (χ2v) is 10.4. The summed E-state index contributed by atoms with van der Waals surface area (Å²) in [6.45, 7) is 9.39. The number of nitrogens with one attached hydrogen (secondary N) is 1. The van der Waals surface area contributed by atoms with Crippen LogP contribution in [0.15, 0.2) is 30.3 Å². The molecule has 0 aliphatic rings. The standard InChI is InChI=1S/C23H31ClN2O4S/c1-14(2)18-12-19(15(3)11-22(18)30-6)17(5)25-23(27)13-26(31(7,28)29)21-10-8-9-20(24)16(21)4/h8-12,14,17H,13H2,1-7H3,(H,25,27)/t17-/m1/s1. The highest BCUT2D eigenvalue weighted by Crippen LogP contribution is 2.32. The summed E-state index contributed by atoms with van der Waals surface area (Å²) in [6.07, 6.45) is 1.08. The van der Waals surface area contributed by atoms with Crippen molar-refractivity contribution in [2.24, 2.45) is 0 Å². The Balaban J connectivity index is 2.29. The van der Waals surface area contributed by atoms with Gasteiger partial charge in [-0.15, -0.1) is 0 Å². The molecule has 2 aromatic carbocycles. The fourth-order valence-corrected chi connectivity index (χ4v) is 4.63. The molecule has 0 unspecified atom stereocenters. The quantitative estimate of drug-likeness (QED) is 0.610. The number of anilines is 1. The van der Waals surface area contributed by atoms with Gasteiger partial charge in [0.1, 0.15) is 12.3 Å². The van der Waals surface area contributed by atoms with Gasteiger partial charge in [-0.1, -0.05) is 31.5 Å². The maximum absolute atomic E-state index is 12.8. The van der Waals surface area contributed by atoms with Gasteiger partial charge in [0, 0.05) is 5.02 Å². The summed E-state index contributed by atoms with van der Waals surface area (Å²) in [5.74, 6) is 0.664. The largest absolute Gasteiger partial charge is 0.496 e. The van der Waals surface area contributed by atoms with Crippen LogP contribution in [0.3, 0.4) is 0 Å². The van der Waals surface area contributed by atoms with Gasteiger partial charge < -0.3 is 10.1 Å². The molecule has 2 rings (SSSR count). The molecule has 0 aromatic heterocycles. The molecule has 31 heavy (non-hydrogen) atoms. The highest BCUT2D eigenvalue weighted by atomic mass is 35.5. The van der Waals surface area contributed by atoms with Gasteiger partial charge in [-0.3, -0.25) is 9.10 Å². The number of hydrogen-bond donors (Lipinski definition) is 1. The van der Waals surface area contributed by atoms with Crippen LogP contribution in [-0.4, -0.2) is 34.2 Å². The third-order valence-electron chi connectivity index (χ3n) is 5.28. The smallest absolute Gasteiger partial charge is 0.241 e. The van der Waals surface area contributed by atoms with Gasteiger partial charge >= 0.3 is 0 Å². The number of halogens is 1. The van der Waals surface area contributed by atoms with Crippen LogP contribution >= 0.6 is 11.6 Å². The molecule has 1 N–H and O–H groups in total. The summed E-state index contributed by atoms with van der Waals surface area (Å²) in [6, 6.07) is 8.68. The predicted molar refractivity (Wildman–Crippen MR) is 127 cm³/mol. The van der Waals surface area contributed by atoms with Gasteiger partial charge in [-0.05, 0) is 73.2 Å². The second kappa shape index (κ2) is 9.92. The van der Waals surface area contributed by atoms with Gasteiger partial charge in [-0.25, -0.2) is 8.42 Å². The Morgan fingerprint density at radius 2 is 1.81 bits per heavy atom. The first-order valence-electron chi connectivity index (χ1n) is 10.1. The van der Waals surface area contributed by atoms with Crippen molar-refractivity contribution >= 4 is 33.2 Å². The summed E-state index contributed by atoms with van der Waals surface area (Å²) >= 11 is 6.16. The lowest BCUT2D eigenvalue weighted by Crippen LogP contribution is -2.41. The Morgan fingerprint density at radius 1 is 1.16 bits per heavy atom. The van der Waals surface area contributed by atoms with Crippen LogP contribution in [0.1, 0.15) is 55.0 Å². The summed E-state index contributed by atoms with van der Waals surface area (Å²) in [5.41, 5.74) is 3.99. The van der Waals surface area contributed by atoms with E-state index in [1.165, 1.54) is 0 Å². The highest BCUT2D eigenvalue weighted by molar-refractivity contribution is 7.92. The SMILES string of the molecule is COc1cc(C)c([C@@H](C)NC(=O)CN(c2cccc(Cl)c2C)S(C)(=O)=O)cc1C(C)C. The number of carbonyl (C=O) groups is 1. The van der Waals surface area contributed by atoms with E-state index in [4.69, 9.17) is 16.3 Å². The van der Waals surface area contributed by atoms with Gasteiger partial charge in [-0.2, -0.15) is 0 Å². The average Bonchev–Trinajstić information content (AvgIpc) is 2.67. The first kappa shape index (κ1) is 25.0. The number of nitrogens with zero attached hydrogens (tertiary/aromatic N) is 1. The minimum absolute atomic E-state index is 0.253. The van der Waals surface area contributed by atoms with E-state index < -0.39 is 15.9 Å². The van der Waals surface area contributed by atoms with Crippen molar-refractivity contribution in [3.63, 3.8) is 0 Å². The molecular weight excluding hydrogens is 436 g/mol. The molecule has 0 spiro atoms. The minimum atomic E-state index is -3.69. The molecule has 0 saturated heterocycles. The molecule has 0 radical (unpaired) electrons. The number of carbonyl (C=O) groups excluding carboxylic acids is 1. The number of sulfonamides is 1. The normalized spacial score (nSPS) is 12.5. The van der Waals surface area contributed by atoms with E-state index in [0.717, 1.165) is 33.0 Å². The number of hydrogen-bond acceptors (Lipinski definition) is 4. The molecule has 1 amide bonds. The van der Waals surface area contributed by atoms with E-state index >= 15 is 0 Å². The maximum atomic E-state index is 12.8. The fraction of sp³-hybridized carbons (Fsp3) is 0.435. The van der Waals surface area contributed by atoms with Crippen molar-refractivity contribution in [1.82, 2.24) is 5.32 Å². The lowest BCUT2D eigenvalue weighted by atomic mass is 9.93. The topological polar surface area (TPSA) is 75.7 Å². The van der Waals surface area contributed by atoms with Crippen LogP contribution in [0.5, 0.6) is 5.75 Å². The Bertz CT molecular complexity index is 1070. The number of aryl methyl sites for hydroxylation is 1. The monoisotopic (exact) mass is 466 g/mol. The van der Waals surface area contributed by atoms with Crippen molar-refractivity contribution in [1.29, 1.82) is 0 Å². The van der Waals surface area contributed by atoms with Crippen LogP contribution in [0.25, 0.3) is 0 Å². The van der Waals surface area contributed by atoms with Crippen LogP contribution in [0, 0.1) is 13.8 Å². The summed E-state index contributed by atoms with van der Waals surface area (Å²) in [5, 5.41) is 3.37. The number of ether oxygens (including phenoxy) is 1. The molecule has 0 aliphatic carbocycles. The first-order valence-corrected chi connectivity index (χ1v) is 12.3. The number of methoxy groups -OCH3 is 1. The summed E-state index contributed by atoms with van der Waals surface area (Å²) < 4.78 is 31.4. The number of rotatable bonds is 8. The maximum Gasteiger partial charge on any atom is 0.241 e. The van der Waals surface area contributed by atoms with Crippen LogP contribution in [-0.2, 0) is 14.8 Å². The molecule has 6 nitrogen and oxygen atoms in total. The van der Waals surface area contributed by atoms with Gasteiger partial charge in [0.25, 0.3) is 0 Å². The van der Waals surface area contributed by atoms with Crippen LogP contribution < -0.4 is 14.4 Å². The summed E-state index contributed by atoms with van der Waals surface area (Å²) in [7, 11) is -2.05. The molecule has 0 bridgehead atoms. The molecular formula is C23H31ClN2O4S. The first-order chi connectivity index (χ1) is 14.4. The zero-order valence-electron chi connectivity index (χ0n) is 19.1. The predicted octanol–water partition coefficient (Wildman–Crippen LogP) is 4.73. The molecule has 1 atom stereocenters. The molecule has 170 valence electrons. The molecule has 0 heterocycles. The molecule has 0 saturated carbocycles. The third-order valence-corrected chi connectivity index (χ3v) is 6.82. The zero-order chi connectivity index (χ0) is 23.5. The van der Waals surface area contributed by atoms with E-state index in [9.17, 15) is 13.2 Å². The average molecular weight is 467 g/mol.